The zero-order valence-corrected chi connectivity index (χ0v) is 21.4. The van der Waals surface area contributed by atoms with Gasteiger partial charge >= 0.3 is 6.03 Å². The number of urea groups is 1. The third-order valence-corrected chi connectivity index (χ3v) is 6.38. The van der Waals surface area contributed by atoms with E-state index in [4.69, 9.17) is 39.5 Å². The van der Waals surface area contributed by atoms with Gasteiger partial charge in [0.15, 0.2) is 5.75 Å². The predicted octanol–water partition coefficient (Wildman–Crippen LogP) is 6.92. The number of benzene rings is 3. The number of hydrogen-bond acceptors (Lipinski definition) is 3. The number of halogens is 4. The minimum atomic E-state index is -0.504. The van der Waals surface area contributed by atoms with E-state index in [2.05, 4.69) is 27.9 Å². The van der Waals surface area contributed by atoms with Gasteiger partial charge < -0.3 is 10.1 Å². The number of carbonyl (C=O) groups excluding carboxylic acids is 2. The molecule has 9 heteroatoms. The minimum Gasteiger partial charge on any atom is -0.486 e. The van der Waals surface area contributed by atoms with Gasteiger partial charge in [0.2, 0.25) is 0 Å². The van der Waals surface area contributed by atoms with Crippen LogP contribution in [0.2, 0.25) is 15.1 Å². The lowest BCUT2D eigenvalue weighted by molar-refractivity contribution is -0.123. The third-order valence-electron chi connectivity index (χ3n) is 4.84. The molecule has 1 saturated heterocycles. The molecule has 1 fully saturated rings. The van der Waals surface area contributed by atoms with E-state index in [9.17, 15) is 9.59 Å². The first kappa shape index (κ1) is 23.9. The van der Waals surface area contributed by atoms with E-state index in [1.54, 1.807) is 36.4 Å². The molecule has 168 valence electrons. The van der Waals surface area contributed by atoms with Gasteiger partial charge in [-0.25, -0.2) is 4.79 Å². The van der Waals surface area contributed by atoms with Gasteiger partial charge in [-0.3, -0.25) is 9.69 Å². The Morgan fingerprint density at radius 2 is 1.52 bits per heavy atom. The van der Waals surface area contributed by atoms with Gasteiger partial charge in [-0.2, -0.15) is 0 Å². The van der Waals surface area contributed by atoms with Crippen molar-refractivity contribution in [1.82, 2.24) is 10.2 Å². The molecule has 3 aromatic carbocycles. The summed E-state index contributed by atoms with van der Waals surface area (Å²) in [5.74, 6) is -0.0913. The van der Waals surface area contributed by atoms with Gasteiger partial charge in [-0.1, -0.05) is 59.1 Å². The Balaban J connectivity index is 1.49. The number of imide groups is 1. The first-order chi connectivity index (χ1) is 15.8. The highest BCUT2D eigenvalue weighted by Gasteiger charge is 2.33. The Labute approximate surface area is 219 Å². The van der Waals surface area contributed by atoms with Crippen LogP contribution in [-0.4, -0.2) is 16.8 Å². The van der Waals surface area contributed by atoms with Crippen LogP contribution in [-0.2, 0) is 17.9 Å². The van der Waals surface area contributed by atoms with E-state index >= 15 is 0 Å². The smallest absolute Gasteiger partial charge is 0.329 e. The number of nitrogens with zero attached hydrogens (tertiary/aromatic N) is 1. The van der Waals surface area contributed by atoms with Crippen LogP contribution in [0.4, 0.5) is 4.79 Å². The molecule has 1 heterocycles. The SMILES string of the molecule is O=C1N/C(=C\c2cc(Cl)c(OCc3ccc(I)cc3)c(Cl)c2)C(=O)N1Cc1ccc(Cl)cc1. The summed E-state index contributed by atoms with van der Waals surface area (Å²) in [4.78, 5) is 26.2. The number of ether oxygens (including phenoxy) is 1. The molecule has 0 aromatic heterocycles. The highest BCUT2D eigenvalue weighted by atomic mass is 127. The van der Waals surface area contributed by atoms with E-state index in [0.29, 0.717) is 33.0 Å². The van der Waals surface area contributed by atoms with Crippen molar-refractivity contribution < 1.29 is 14.3 Å². The lowest BCUT2D eigenvalue weighted by atomic mass is 10.1. The van der Waals surface area contributed by atoms with Crippen LogP contribution in [0.1, 0.15) is 16.7 Å². The first-order valence-electron chi connectivity index (χ1n) is 9.75. The molecule has 3 amide bonds. The van der Waals surface area contributed by atoms with E-state index < -0.39 is 11.9 Å². The maximum Gasteiger partial charge on any atom is 0.329 e. The standard InChI is InChI=1S/C24H16Cl3IN2O3/c25-17-5-1-14(2-6-17)12-30-23(31)21(29-24(30)32)11-16-9-19(26)22(20(27)10-16)33-13-15-3-7-18(28)8-4-15/h1-11H,12-13H2,(H,29,32)/b21-11-. The Bertz CT molecular complexity index is 1220. The van der Waals surface area contributed by atoms with Crippen molar-refractivity contribution in [3.8, 4) is 5.75 Å². The van der Waals surface area contributed by atoms with E-state index in [1.807, 2.05) is 24.3 Å². The van der Waals surface area contributed by atoms with Crippen molar-refractivity contribution in [1.29, 1.82) is 0 Å². The summed E-state index contributed by atoms with van der Waals surface area (Å²) in [5, 5.41) is 3.77. The second-order valence-electron chi connectivity index (χ2n) is 7.23. The van der Waals surface area contributed by atoms with Crippen LogP contribution in [0.3, 0.4) is 0 Å². The van der Waals surface area contributed by atoms with Crippen molar-refractivity contribution in [2.75, 3.05) is 0 Å². The fourth-order valence-electron chi connectivity index (χ4n) is 3.19. The molecule has 0 aliphatic carbocycles. The lowest BCUT2D eigenvalue weighted by Gasteiger charge is -2.12. The monoisotopic (exact) mass is 612 g/mol. The maximum absolute atomic E-state index is 12.8. The largest absolute Gasteiger partial charge is 0.486 e. The fraction of sp³-hybridized carbons (Fsp3) is 0.0833. The molecule has 0 bridgehead atoms. The second-order valence-corrected chi connectivity index (χ2v) is 9.73. The van der Waals surface area contributed by atoms with Crippen molar-refractivity contribution in [3.05, 3.63) is 102 Å². The minimum absolute atomic E-state index is 0.131. The van der Waals surface area contributed by atoms with Crippen molar-refractivity contribution >= 4 is 75.4 Å². The normalized spacial score (nSPS) is 14.7. The molecular formula is C24H16Cl3IN2O3. The summed E-state index contributed by atoms with van der Waals surface area (Å²) in [5.41, 5.74) is 2.45. The highest BCUT2D eigenvalue weighted by molar-refractivity contribution is 14.1. The zero-order valence-electron chi connectivity index (χ0n) is 16.9. The Morgan fingerprint density at radius 1 is 0.909 bits per heavy atom. The molecule has 0 saturated carbocycles. The summed E-state index contributed by atoms with van der Waals surface area (Å²) in [7, 11) is 0. The van der Waals surface area contributed by atoms with Crippen molar-refractivity contribution in [3.63, 3.8) is 0 Å². The average molecular weight is 614 g/mol. The van der Waals surface area contributed by atoms with Crippen molar-refractivity contribution in [2.45, 2.75) is 13.2 Å². The fourth-order valence-corrected chi connectivity index (χ4v) is 4.29. The molecule has 1 aliphatic heterocycles. The summed E-state index contributed by atoms with van der Waals surface area (Å²) in [6, 6.07) is 17.6. The molecule has 1 aliphatic rings. The van der Waals surface area contributed by atoms with Gasteiger partial charge in [0.05, 0.1) is 16.6 Å². The zero-order chi connectivity index (χ0) is 23.5. The Kier molecular flexibility index (Phi) is 7.48. The maximum atomic E-state index is 12.8. The van der Waals surface area contributed by atoms with Gasteiger partial charge in [-0.15, -0.1) is 0 Å². The number of carbonyl (C=O) groups is 2. The molecule has 33 heavy (non-hydrogen) atoms. The quantitative estimate of drug-likeness (QED) is 0.187. The van der Waals surface area contributed by atoms with Crippen LogP contribution in [0, 0.1) is 3.57 Å². The van der Waals surface area contributed by atoms with Crippen molar-refractivity contribution in [2.24, 2.45) is 0 Å². The van der Waals surface area contributed by atoms with Crippen LogP contribution in [0.5, 0.6) is 5.75 Å². The van der Waals surface area contributed by atoms with E-state index in [1.165, 1.54) is 6.08 Å². The van der Waals surface area contributed by atoms with Gasteiger partial charge in [0.25, 0.3) is 5.91 Å². The average Bonchev–Trinajstić information content (AvgIpc) is 3.03. The summed E-state index contributed by atoms with van der Waals surface area (Å²) in [6.45, 7) is 0.441. The van der Waals surface area contributed by atoms with Gasteiger partial charge in [0.1, 0.15) is 12.3 Å². The molecule has 0 unspecified atom stereocenters. The van der Waals surface area contributed by atoms with Crippen LogP contribution < -0.4 is 10.1 Å². The highest BCUT2D eigenvalue weighted by Crippen LogP contribution is 2.35. The van der Waals surface area contributed by atoms with Gasteiger partial charge in [-0.05, 0) is 81.8 Å². The summed E-state index contributed by atoms with van der Waals surface area (Å²) in [6.07, 6.45) is 1.53. The molecule has 5 nitrogen and oxygen atoms in total. The Hall–Kier alpha value is -2.26. The van der Waals surface area contributed by atoms with Crippen LogP contribution >= 0.6 is 57.4 Å². The Morgan fingerprint density at radius 3 is 2.15 bits per heavy atom. The molecule has 1 N–H and O–H groups in total. The molecular weight excluding hydrogens is 598 g/mol. The predicted molar refractivity (Wildman–Crippen MR) is 138 cm³/mol. The van der Waals surface area contributed by atoms with E-state index in [0.717, 1.165) is 19.6 Å². The van der Waals surface area contributed by atoms with E-state index in [-0.39, 0.29) is 12.2 Å². The van der Waals surface area contributed by atoms with Crippen LogP contribution in [0.25, 0.3) is 6.08 Å². The molecule has 3 aromatic rings. The lowest BCUT2D eigenvalue weighted by Crippen LogP contribution is -2.30. The number of rotatable bonds is 6. The number of amides is 3. The van der Waals surface area contributed by atoms with Crippen LogP contribution in [0.15, 0.2) is 66.4 Å². The topological polar surface area (TPSA) is 58.6 Å². The molecule has 0 spiro atoms. The molecule has 0 atom stereocenters. The second kappa shape index (κ2) is 10.3. The van der Waals surface area contributed by atoms with Gasteiger partial charge in [0, 0.05) is 8.59 Å². The summed E-state index contributed by atoms with van der Waals surface area (Å²) >= 11 is 20.9. The molecule has 0 radical (unpaired) electrons. The first-order valence-corrected chi connectivity index (χ1v) is 12.0. The summed E-state index contributed by atoms with van der Waals surface area (Å²) < 4.78 is 6.94. The molecule has 4 rings (SSSR count). The number of nitrogens with one attached hydrogen (secondary N) is 1. The number of hydrogen-bond donors (Lipinski definition) is 1. The third kappa shape index (κ3) is 5.81.